The molecule has 0 aromatic carbocycles. The van der Waals surface area contributed by atoms with Crippen molar-refractivity contribution in [3.63, 3.8) is 0 Å². The van der Waals surface area contributed by atoms with Gasteiger partial charge in [-0.25, -0.2) is 0 Å². The van der Waals surface area contributed by atoms with Gasteiger partial charge in [-0.1, -0.05) is 57.4 Å². The van der Waals surface area contributed by atoms with Crippen LogP contribution >= 0.6 is 0 Å². The lowest BCUT2D eigenvalue weighted by Crippen LogP contribution is -2.01. The van der Waals surface area contributed by atoms with E-state index in [0.29, 0.717) is 0 Å². The molecule has 0 saturated heterocycles. The van der Waals surface area contributed by atoms with Crippen molar-refractivity contribution in [2.75, 3.05) is 0 Å². The van der Waals surface area contributed by atoms with Crippen LogP contribution in [0.5, 0.6) is 0 Å². The van der Waals surface area contributed by atoms with Crippen LogP contribution < -0.4 is 0 Å². The maximum absolute atomic E-state index is 11.3. The van der Waals surface area contributed by atoms with Crippen molar-refractivity contribution in [3.05, 3.63) is 61.3 Å². The van der Waals surface area contributed by atoms with Crippen molar-refractivity contribution in [1.82, 2.24) is 0 Å². The van der Waals surface area contributed by atoms with Crippen molar-refractivity contribution in [1.29, 1.82) is 0 Å². The van der Waals surface area contributed by atoms with Gasteiger partial charge in [-0.15, -0.1) is 0 Å². The molecule has 2 nitrogen and oxygen atoms in total. The highest BCUT2D eigenvalue weighted by Gasteiger charge is 2.02. The van der Waals surface area contributed by atoms with E-state index in [1.807, 2.05) is 13.8 Å². The van der Waals surface area contributed by atoms with Gasteiger partial charge in [0.15, 0.2) is 11.6 Å². The summed E-state index contributed by atoms with van der Waals surface area (Å²) in [5.74, 6) is -0.412. The number of rotatable bonds is 7. The molecular weight excluding hydrogens is 224 g/mol. The van der Waals surface area contributed by atoms with Gasteiger partial charge in [0.05, 0.1) is 6.42 Å². The Morgan fingerprint density at radius 1 is 1.00 bits per heavy atom. The molecule has 2 heteroatoms. The van der Waals surface area contributed by atoms with Gasteiger partial charge in [0.1, 0.15) is 0 Å². The minimum Gasteiger partial charge on any atom is -0.294 e. The lowest BCUT2D eigenvalue weighted by atomic mass is 10.1. The van der Waals surface area contributed by atoms with E-state index in [9.17, 15) is 9.59 Å². The van der Waals surface area contributed by atoms with Gasteiger partial charge >= 0.3 is 0 Å². The zero-order valence-corrected chi connectivity index (χ0v) is 11.5. The lowest BCUT2D eigenvalue weighted by Gasteiger charge is -1.92. The number of hydrogen-bond acceptors (Lipinski definition) is 2. The molecule has 0 fully saturated rings. The molecule has 0 aromatic heterocycles. The zero-order chi connectivity index (χ0) is 14.4. The van der Waals surface area contributed by atoms with Crippen LogP contribution in [0.1, 0.15) is 27.2 Å². The van der Waals surface area contributed by atoms with E-state index in [2.05, 4.69) is 13.2 Å². The zero-order valence-electron chi connectivity index (χ0n) is 11.5. The van der Waals surface area contributed by atoms with E-state index in [4.69, 9.17) is 0 Å². The molecule has 0 aliphatic carbocycles. The normalized spacial score (nSPS) is 10.9. The number of carbonyl (C=O) groups is 2. The number of ketones is 2. The Morgan fingerprint density at radius 3 is 2.00 bits per heavy atom. The van der Waals surface area contributed by atoms with Crippen molar-refractivity contribution >= 4 is 11.6 Å². The molecule has 18 heavy (non-hydrogen) atoms. The predicted molar refractivity (Wildman–Crippen MR) is 78.4 cm³/mol. The summed E-state index contributed by atoms with van der Waals surface area (Å²) in [6.45, 7) is 12.9. The summed E-state index contributed by atoms with van der Waals surface area (Å²) in [5.41, 5.74) is 0.779. The fraction of sp³-hybridized carbons (Fsp3) is 0.250. The molecule has 0 spiro atoms. The van der Waals surface area contributed by atoms with Gasteiger partial charge in [0, 0.05) is 0 Å². The monoisotopic (exact) mass is 246 g/mol. The molecule has 0 N–H and O–H groups in total. The first kappa shape index (κ1) is 18.4. The molecule has 0 aromatic rings. The van der Waals surface area contributed by atoms with E-state index >= 15 is 0 Å². The highest BCUT2D eigenvalue weighted by molar-refractivity contribution is 6.08. The molecule has 0 saturated carbocycles. The van der Waals surface area contributed by atoms with Crippen LogP contribution in [0, 0.1) is 0 Å². The van der Waals surface area contributed by atoms with Crippen molar-refractivity contribution in [2.45, 2.75) is 27.2 Å². The van der Waals surface area contributed by atoms with Crippen LogP contribution in [-0.2, 0) is 9.59 Å². The second-order valence-electron chi connectivity index (χ2n) is 3.05. The molecule has 0 bridgehead atoms. The van der Waals surface area contributed by atoms with Crippen LogP contribution in [0.25, 0.3) is 0 Å². The molecule has 98 valence electrons. The molecule has 0 aliphatic heterocycles. The van der Waals surface area contributed by atoms with Crippen LogP contribution in [0.3, 0.4) is 0 Å². The highest BCUT2D eigenvalue weighted by atomic mass is 16.1. The summed E-state index contributed by atoms with van der Waals surface area (Å²) in [6, 6.07) is 0. The van der Waals surface area contributed by atoms with Crippen LogP contribution in [0.15, 0.2) is 61.3 Å². The van der Waals surface area contributed by atoms with Gasteiger partial charge in [0.25, 0.3) is 0 Å². The Bertz CT molecular complexity index is 369. The van der Waals surface area contributed by atoms with Gasteiger partial charge in [-0.2, -0.15) is 0 Å². The minimum absolute atomic E-state index is 0.0979. The highest BCUT2D eigenvalue weighted by Crippen LogP contribution is 2.00. The second-order valence-corrected chi connectivity index (χ2v) is 3.05. The quantitative estimate of drug-likeness (QED) is 0.387. The number of hydrogen-bond donors (Lipinski definition) is 0. The maximum Gasteiger partial charge on any atom is 0.163 e. The first-order valence-corrected chi connectivity index (χ1v) is 5.95. The van der Waals surface area contributed by atoms with E-state index in [0.717, 1.165) is 5.57 Å². The minimum atomic E-state index is -0.222. The fourth-order valence-corrected chi connectivity index (χ4v) is 0.992. The Hall–Kier alpha value is -1.96. The van der Waals surface area contributed by atoms with E-state index in [1.54, 1.807) is 37.3 Å². The summed E-state index contributed by atoms with van der Waals surface area (Å²) in [5, 5.41) is 0. The molecule has 0 radical (unpaired) electrons. The predicted octanol–water partition coefficient (Wildman–Crippen LogP) is 3.97. The second kappa shape index (κ2) is 13.1. The van der Waals surface area contributed by atoms with Gasteiger partial charge in [-0.3, -0.25) is 9.59 Å². The first-order chi connectivity index (χ1) is 8.63. The molecule has 0 heterocycles. The number of carbonyl (C=O) groups excluding carboxylic acids is 2. The van der Waals surface area contributed by atoms with Gasteiger partial charge < -0.3 is 0 Å². The summed E-state index contributed by atoms with van der Waals surface area (Å²) >= 11 is 0. The molecule has 0 aliphatic rings. The average molecular weight is 246 g/mol. The maximum atomic E-state index is 11.3. The van der Waals surface area contributed by atoms with E-state index in [1.165, 1.54) is 12.2 Å². The largest absolute Gasteiger partial charge is 0.294 e. The van der Waals surface area contributed by atoms with E-state index < -0.39 is 0 Å². The molecule has 0 atom stereocenters. The Balaban J connectivity index is 0. The van der Waals surface area contributed by atoms with Crippen molar-refractivity contribution in [3.8, 4) is 0 Å². The average Bonchev–Trinajstić information content (AvgIpc) is 2.37. The third-order valence-electron chi connectivity index (χ3n) is 1.71. The topological polar surface area (TPSA) is 34.1 Å². The fourth-order valence-electron chi connectivity index (χ4n) is 0.992. The lowest BCUT2D eigenvalue weighted by molar-refractivity contribution is -0.121. The smallest absolute Gasteiger partial charge is 0.163 e. The van der Waals surface area contributed by atoms with Crippen LogP contribution in [-0.4, -0.2) is 11.6 Å². The van der Waals surface area contributed by atoms with Crippen LogP contribution in [0.4, 0.5) is 0 Å². The molecular formula is C16H22O2. The summed E-state index contributed by atoms with van der Waals surface area (Å²) in [7, 11) is 0. The SMILES string of the molecule is C=C/C=C(C=C)/C=C/C(=O)CC(=O)/C=C/C.CC. The molecule has 0 rings (SSSR count). The third-order valence-corrected chi connectivity index (χ3v) is 1.71. The third kappa shape index (κ3) is 10.6. The Morgan fingerprint density at radius 2 is 1.56 bits per heavy atom. The standard InChI is InChI=1S/C14H16O2.C2H6/c1-4-7-12(6-3)9-10-14(16)11-13(15)8-5-2;1-2/h4-10H,1,3,11H2,2H3;1-2H3/b8-5+,10-9+,12-7+;. The summed E-state index contributed by atoms with van der Waals surface area (Å²) in [6.07, 6.45) is 10.8. The van der Waals surface area contributed by atoms with E-state index in [-0.39, 0.29) is 18.0 Å². The molecule has 0 unspecified atom stereocenters. The van der Waals surface area contributed by atoms with Crippen molar-refractivity contribution < 1.29 is 9.59 Å². The van der Waals surface area contributed by atoms with Crippen molar-refractivity contribution in [2.24, 2.45) is 0 Å². The summed E-state index contributed by atoms with van der Waals surface area (Å²) in [4.78, 5) is 22.4. The van der Waals surface area contributed by atoms with Crippen LogP contribution in [0.2, 0.25) is 0 Å². The molecule has 0 amide bonds. The Kier molecular flexibility index (Phi) is 13.4. The summed E-state index contributed by atoms with van der Waals surface area (Å²) < 4.78 is 0. The van der Waals surface area contributed by atoms with Gasteiger partial charge in [0.2, 0.25) is 0 Å². The number of allylic oxidation sites excluding steroid dienone is 8. The first-order valence-electron chi connectivity index (χ1n) is 5.95. The Labute approximate surface area is 110 Å². The van der Waals surface area contributed by atoms with Gasteiger partial charge in [-0.05, 0) is 24.6 Å².